The van der Waals surface area contributed by atoms with Gasteiger partial charge in [-0.1, -0.05) is 0 Å². The van der Waals surface area contributed by atoms with E-state index >= 15 is 0 Å². The molecule has 4 heteroatoms. The maximum Gasteiger partial charge on any atom is 0.239 e. The van der Waals surface area contributed by atoms with Crippen molar-refractivity contribution in [3.8, 4) is 0 Å². The molecule has 1 rings (SSSR count). The summed E-state index contributed by atoms with van der Waals surface area (Å²) >= 11 is 11.0. The Morgan fingerprint density at radius 2 is 2.00 bits per heavy atom. The van der Waals surface area contributed by atoms with Crippen molar-refractivity contribution in [1.29, 1.82) is 0 Å². The molecule has 0 aromatic carbocycles. The molecule has 0 aliphatic carbocycles. The lowest BCUT2D eigenvalue weighted by Crippen LogP contribution is -2.27. The number of halogens is 2. The highest BCUT2D eigenvalue weighted by Gasteiger charge is 2.26. The largest absolute Gasteiger partial charge is 0.381 e. The van der Waals surface area contributed by atoms with E-state index in [0.717, 1.165) is 12.8 Å². The van der Waals surface area contributed by atoms with Gasteiger partial charge in [-0.25, -0.2) is 0 Å². The van der Waals surface area contributed by atoms with Gasteiger partial charge in [-0.2, -0.15) is 0 Å². The van der Waals surface area contributed by atoms with E-state index in [2.05, 4.69) is 0 Å². The van der Waals surface area contributed by atoms with Crippen LogP contribution in [0.25, 0.3) is 0 Å². The summed E-state index contributed by atoms with van der Waals surface area (Å²) in [6.45, 7) is 1.39. The van der Waals surface area contributed by atoms with Crippen LogP contribution in [0.3, 0.4) is 0 Å². The SMILES string of the molecule is O=C(Cl)C(Cl)C1CCOCC1. The molecular formula is C7H10Cl2O2. The lowest BCUT2D eigenvalue weighted by molar-refractivity contribution is -0.112. The van der Waals surface area contributed by atoms with Crippen molar-refractivity contribution in [2.24, 2.45) is 5.92 Å². The third-order valence-electron chi connectivity index (χ3n) is 1.90. The van der Waals surface area contributed by atoms with Crippen molar-refractivity contribution >= 4 is 28.4 Å². The van der Waals surface area contributed by atoms with Crippen molar-refractivity contribution < 1.29 is 9.53 Å². The van der Waals surface area contributed by atoms with Gasteiger partial charge >= 0.3 is 0 Å². The third-order valence-corrected chi connectivity index (χ3v) is 2.80. The summed E-state index contributed by atoms with van der Waals surface area (Å²) in [5, 5.41) is -0.973. The van der Waals surface area contributed by atoms with Crippen LogP contribution in [0.15, 0.2) is 0 Å². The molecular weight excluding hydrogens is 187 g/mol. The van der Waals surface area contributed by atoms with E-state index in [1.165, 1.54) is 0 Å². The zero-order valence-electron chi connectivity index (χ0n) is 6.06. The summed E-state index contributed by atoms with van der Waals surface area (Å²) in [4.78, 5) is 10.6. The Morgan fingerprint density at radius 1 is 1.45 bits per heavy atom. The van der Waals surface area contributed by atoms with Gasteiger partial charge in [-0.15, -0.1) is 11.6 Å². The molecule has 1 unspecified atom stereocenters. The number of hydrogen-bond acceptors (Lipinski definition) is 2. The molecule has 0 radical (unpaired) electrons. The second-order valence-electron chi connectivity index (χ2n) is 2.66. The topological polar surface area (TPSA) is 26.3 Å². The molecule has 0 saturated carbocycles. The second-order valence-corrected chi connectivity index (χ2v) is 3.50. The van der Waals surface area contributed by atoms with Gasteiger partial charge in [0.05, 0.1) is 0 Å². The smallest absolute Gasteiger partial charge is 0.239 e. The molecule has 1 aliphatic heterocycles. The van der Waals surface area contributed by atoms with Crippen LogP contribution in [0.2, 0.25) is 0 Å². The standard InChI is InChI=1S/C7H10Cl2O2/c8-6(7(9)10)5-1-3-11-4-2-5/h5-6H,1-4H2. The van der Waals surface area contributed by atoms with Gasteiger partial charge in [0, 0.05) is 13.2 Å². The molecule has 0 aromatic rings. The Balaban J connectivity index is 2.38. The van der Waals surface area contributed by atoms with E-state index in [1.54, 1.807) is 0 Å². The number of carbonyl (C=O) groups is 1. The normalized spacial score (nSPS) is 23.1. The summed E-state index contributed by atoms with van der Waals surface area (Å²) in [6.07, 6.45) is 1.68. The van der Waals surface area contributed by atoms with Crippen LogP contribution in [0.5, 0.6) is 0 Å². The summed E-state index contributed by atoms with van der Waals surface area (Å²) in [5.74, 6) is 0.204. The van der Waals surface area contributed by atoms with E-state index < -0.39 is 10.6 Å². The Kier molecular flexibility index (Phi) is 3.63. The van der Waals surface area contributed by atoms with Crippen LogP contribution in [-0.2, 0) is 9.53 Å². The second kappa shape index (κ2) is 4.29. The fourth-order valence-electron chi connectivity index (χ4n) is 1.19. The fraction of sp³-hybridized carbons (Fsp3) is 0.857. The van der Waals surface area contributed by atoms with Crippen molar-refractivity contribution in [2.75, 3.05) is 13.2 Å². The van der Waals surface area contributed by atoms with Crippen molar-refractivity contribution in [2.45, 2.75) is 18.2 Å². The van der Waals surface area contributed by atoms with Gasteiger partial charge in [0.15, 0.2) is 0 Å². The summed E-state index contributed by atoms with van der Waals surface area (Å²) in [5.41, 5.74) is 0. The first-order valence-electron chi connectivity index (χ1n) is 3.63. The Labute approximate surface area is 75.8 Å². The molecule has 0 bridgehead atoms. The van der Waals surface area contributed by atoms with Crippen molar-refractivity contribution in [3.63, 3.8) is 0 Å². The maximum atomic E-state index is 10.6. The molecule has 1 heterocycles. The van der Waals surface area contributed by atoms with Gasteiger partial charge < -0.3 is 4.74 Å². The highest BCUT2D eigenvalue weighted by atomic mass is 35.5. The van der Waals surface area contributed by atoms with Gasteiger partial charge in [-0.05, 0) is 30.4 Å². The van der Waals surface area contributed by atoms with Gasteiger partial charge in [0.1, 0.15) is 5.38 Å². The van der Waals surface area contributed by atoms with Crippen LogP contribution in [0, 0.1) is 5.92 Å². The highest BCUT2D eigenvalue weighted by molar-refractivity contribution is 6.69. The first-order valence-corrected chi connectivity index (χ1v) is 4.44. The number of rotatable bonds is 2. The van der Waals surface area contributed by atoms with Crippen LogP contribution < -0.4 is 0 Å². The summed E-state index contributed by atoms with van der Waals surface area (Å²) < 4.78 is 5.12. The van der Waals surface area contributed by atoms with Gasteiger partial charge in [0.2, 0.25) is 5.24 Å². The van der Waals surface area contributed by atoms with Crippen LogP contribution in [0.1, 0.15) is 12.8 Å². The first kappa shape index (κ1) is 9.30. The maximum absolute atomic E-state index is 10.6. The predicted octanol–water partition coefficient (Wildman–Crippen LogP) is 1.79. The Morgan fingerprint density at radius 3 is 2.45 bits per heavy atom. The van der Waals surface area contributed by atoms with E-state index in [4.69, 9.17) is 27.9 Å². The zero-order valence-corrected chi connectivity index (χ0v) is 7.57. The van der Waals surface area contributed by atoms with Gasteiger partial charge in [0.25, 0.3) is 0 Å². The molecule has 1 aliphatic rings. The number of alkyl halides is 1. The summed E-state index contributed by atoms with van der Waals surface area (Å²) in [6, 6.07) is 0. The van der Waals surface area contributed by atoms with E-state index in [9.17, 15) is 4.79 Å². The number of ether oxygens (including phenoxy) is 1. The van der Waals surface area contributed by atoms with Crippen molar-refractivity contribution in [3.05, 3.63) is 0 Å². The lowest BCUT2D eigenvalue weighted by Gasteiger charge is -2.23. The third kappa shape index (κ3) is 2.62. The quantitative estimate of drug-likeness (QED) is 0.498. The molecule has 0 aromatic heterocycles. The van der Waals surface area contributed by atoms with Crippen LogP contribution in [-0.4, -0.2) is 23.8 Å². The Hall–Kier alpha value is 0.210. The fourth-order valence-corrected chi connectivity index (χ4v) is 1.62. The highest BCUT2D eigenvalue weighted by Crippen LogP contribution is 2.24. The number of carbonyl (C=O) groups excluding carboxylic acids is 1. The Bertz CT molecular complexity index is 143. The van der Waals surface area contributed by atoms with E-state index in [1.807, 2.05) is 0 Å². The number of hydrogen-bond donors (Lipinski definition) is 0. The average Bonchev–Trinajstić information content (AvgIpc) is 2.05. The molecule has 11 heavy (non-hydrogen) atoms. The molecule has 1 atom stereocenters. The van der Waals surface area contributed by atoms with Crippen molar-refractivity contribution in [1.82, 2.24) is 0 Å². The lowest BCUT2D eigenvalue weighted by atomic mass is 9.97. The predicted molar refractivity (Wildman–Crippen MR) is 44.0 cm³/mol. The minimum absolute atomic E-state index is 0.204. The summed E-state index contributed by atoms with van der Waals surface area (Å²) in [7, 11) is 0. The molecule has 1 saturated heterocycles. The molecule has 1 fully saturated rings. The molecule has 64 valence electrons. The van der Waals surface area contributed by atoms with Crippen LogP contribution in [0.4, 0.5) is 0 Å². The minimum atomic E-state index is -0.527. The minimum Gasteiger partial charge on any atom is -0.381 e. The van der Waals surface area contributed by atoms with E-state index in [-0.39, 0.29) is 5.92 Å². The van der Waals surface area contributed by atoms with Crippen LogP contribution >= 0.6 is 23.2 Å². The van der Waals surface area contributed by atoms with Gasteiger partial charge in [-0.3, -0.25) is 4.79 Å². The average molecular weight is 197 g/mol. The molecule has 0 amide bonds. The molecule has 0 spiro atoms. The van der Waals surface area contributed by atoms with E-state index in [0.29, 0.717) is 13.2 Å². The first-order chi connectivity index (χ1) is 5.22. The zero-order chi connectivity index (χ0) is 8.27. The molecule has 0 N–H and O–H groups in total. The monoisotopic (exact) mass is 196 g/mol. The molecule has 2 nitrogen and oxygen atoms in total.